The highest BCUT2D eigenvalue weighted by molar-refractivity contribution is 4.90. The van der Waals surface area contributed by atoms with Gasteiger partial charge in [0.05, 0.1) is 12.7 Å². The van der Waals surface area contributed by atoms with Crippen LogP contribution in [0.25, 0.3) is 0 Å². The lowest BCUT2D eigenvalue weighted by molar-refractivity contribution is -0.185. The van der Waals surface area contributed by atoms with Crippen LogP contribution in [0.2, 0.25) is 0 Å². The smallest absolute Gasteiger partial charge is 0.0651 e. The van der Waals surface area contributed by atoms with Crippen molar-refractivity contribution < 1.29 is 4.74 Å². The van der Waals surface area contributed by atoms with Crippen molar-refractivity contribution in [1.29, 1.82) is 0 Å². The lowest BCUT2D eigenvalue weighted by Gasteiger charge is -2.47. The van der Waals surface area contributed by atoms with Crippen molar-refractivity contribution in [3.05, 3.63) is 0 Å². The van der Waals surface area contributed by atoms with Gasteiger partial charge in [-0.3, -0.25) is 0 Å². The van der Waals surface area contributed by atoms with Crippen molar-refractivity contribution >= 4 is 0 Å². The van der Waals surface area contributed by atoms with E-state index in [4.69, 9.17) is 4.74 Å². The van der Waals surface area contributed by atoms with Crippen LogP contribution in [0.15, 0.2) is 0 Å². The first-order chi connectivity index (χ1) is 7.31. The average Bonchev–Trinajstić information content (AvgIpc) is 2.22. The molecule has 1 aliphatic heterocycles. The molecule has 15 heavy (non-hydrogen) atoms. The minimum atomic E-state index is 0.541. The van der Waals surface area contributed by atoms with Gasteiger partial charge in [0.25, 0.3) is 0 Å². The van der Waals surface area contributed by atoms with Gasteiger partial charge >= 0.3 is 0 Å². The minimum Gasteiger partial charge on any atom is -0.377 e. The SMILES string of the molecule is CC12CCCCCCCCCCC1OC2. The number of hydrogen-bond acceptors (Lipinski definition) is 1. The lowest BCUT2D eigenvalue weighted by Crippen LogP contribution is -2.49. The fourth-order valence-corrected chi connectivity index (χ4v) is 3.07. The maximum absolute atomic E-state index is 5.74. The van der Waals surface area contributed by atoms with Gasteiger partial charge in [0.1, 0.15) is 0 Å². The molecule has 1 heterocycles. The van der Waals surface area contributed by atoms with E-state index in [2.05, 4.69) is 6.92 Å². The van der Waals surface area contributed by atoms with Gasteiger partial charge in [0, 0.05) is 5.41 Å². The molecule has 0 radical (unpaired) electrons. The van der Waals surface area contributed by atoms with Gasteiger partial charge in [0.15, 0.2) is 0 Å². The van der Waals surface area contributed by atoms with Gasteiger partial charge in [0.2, 0.25) is 0 Å². The molecule has 1 saturated carbocycles. The second-order valence-corrected chi connectivity index (χ2v) is 5.82. The van der Waals surface area contributed by atoms with Gasteiger partial charge in [-0.2, -0.15) is 0 Å². The zero-order valence-corrected chi connectivity index (χ0v) is 10.3. The summed E-state index contributed by atoms with van der Waals surface area (Å²) in [4.78, 5) is 0. The largest absolute Gasteiger partial charge is 0.377 e. The summed E-state index contributed by atoms with van der Waals surface area (Å²) >= 11 is 0. The highest BCUT2D eigenvalue weighted by Gasteiger charge is 2.42. The molecule has 2 aliphatic rings. The van der Waals surface area contributed by atoms with Crippen molar-refractivity contribution in [3.63, 3.8) is 0 Å². The minimum absolute atomic E-state index is 0.541. The molecule has 0 aromatic carbocycles. The first kappa shape index (κ1) is 11.4. The molecule has 0 spiro atoms. The summed E-state index contributed by atoms with van der Waals surface area (Å²) in [6.45, 7) is 3.46. The van der Waals surface area contributed by atoms with Gasteiger partial charge in [-0.15, -0.1) is 0 Å². The normalized spacial score (nSPS) is 39.4. The molecular weight excluding hydrogens is 184 g/mol. The van der Waals surface area contributed by atoms with Crippen molar-refractivity contribution in [2.75, 3.05) is 6.61 Å². The predicted octanol–water partition coefficient (Wildman–Crippen LogP) is 4.31. The number of fused-ring (bicyclic) bond motifs is 1. The van der Waals surface area contributed by atoms with Gasteiger partial charge < -0.3 is 4.74 Å². The van der Waals surface area contributed by atoms with E-state index in [1.54, 1.807) is 0 Å². The highest BCUT2D eigenvalue weighted by atomic mass is 16.5. The van der Waals surface area contributed by atoms with Crippen LogP contribution in [-0.2, 0) is 4.74 Å². The van der Waals surface area contributed by atoms with Crippen LogP contribution in [0.3, 0.4) is 0 Å². The molecule has 1 saturated heterocycles. The Morgan fingerprint density at radius 2 is 1.47 bits per heavy atom. The molecule has 0 aromatic heterocycles. The number of hydrogen-bond donors (Lipinski definition) is 0. The Kier molecular flexibility index (Phi) is 4.07. The molecule has 0 bridgehead atoms. The molecule has 1 nitrogen and oxygen atoms in total. The topological polar surface area (TPSA) is 9.23 Å². The third-order valence-corrected chi connectivity index (χ3v) is 4.36. The Bertz CT molecular complexity index is 190. The molecular formula is C14H26O. The van der Waals surface area contributed by atoms with Crippen molar-refractivity contribution in [1.82, 2.24) is 0 Å². The van der Waals surface area contributed by atoms with E-state index in [-0.39, 0.29) is 0 Å². The average molecular weight is 210 g/mol. The first-order valence-electron chi connectivity index (χ1n) is 6.93. The molecule has 2 unspecified atom stereocenters. The molecule has 0 N–H and O–H groups in total. The van der Waals surface area contributed by atoms with Gasteiger partial charge in [-0.05, 0) is 12.8 Å². The van der Waals surface area contributed by atoms with Crippen LogP contribution in [0.4, 0.5) is 0 Å². The summed E-state index contributed by atoms with van der Waals surface area (Å²) in [6, 6.07) is 0. The third kappa shape index (κ3) is 2.96. The third-order valence-electron chi connectivity index (χ3n) is 4.36. The van der Waals surface area contributed by atoms with E-state index in [1.165, 1.54) is 64.2 Å². The zero-order valence-electron chi connectivity index (χ0n) is 10.3. The fraction of sp³-hybridized carbons (Fsp3) is 1.00. The van der Waals surface area contributed by atoms with Crippen LogP contribution in [0.5, 0.6) is 0 Å². The van der Waals surface area contributed by atoms with Crippen LogP contribution < -0.4 is 0 Å². The monoisotopic (exact) mass is 210 g/mol. The summed E-state index contributed by atoms with van der Waals surface area (Å²) in [6.07, 6.45) is 14.8. The maximum Gasteiger partial charge on any atom is 0.0651 e. The zero-order chi connectivity index (χ0) is 10.6. The first-order valence-corrected chi connectivity index (χ1v) is 6.93. The Balaban J connectivity index is 1.80. The van der Waals surface area contributed by atoms with Crippen LogP contribution in [0.1, 0.15) is 71.1 Å². The molecule has 2 atom stereocenters. The summed E-state index contributed by atoms with van der Waals surface area (Å²) < 4.78 is 5.74. The molecule has 2 fully saturated rings. The number of ether oxygens (including phenoxy) is 1. The van der Waals surface area contributed by atoms with E-state index >= 15 is 0 Å². The van der Waals surface area contributed by atoms with Crippen molar-refractivity contribution in [2.45, 2.75) is 77.2 Å². The van der Waals surface area contributed by atoms with Crippen LogP contribution in [-0.4, -0.2) is 12.7 Å². The standard InChI is InChI=1S/C14H26O/c1-14-11-9-7-5-3-2-4-6-8-10-13(14)15-12-14/h13H,2-12H2,1H3. The van der Waals surface area contributed by atoms with E-state index in [1.807, 2.05) is 0 Å². The summed E-state index contributed by atoms with van der Waals surface area (Å²) in [5.41, 5.74) is 0.541. The predicted molar refractivity (Wildman–Crippen MR) is 64.0 cm³/mol. The number of rotatable bonds is 0. The molecule has 2 rings (SSSR count). The Morgan fingerprint density at radius 3 is 2.07 bits per heavy atom. The highest BCUT2D eigenvalue weighted by Crippen LogP contribution is 2.42. The van der Waals surface area contributed by atoms with Gasteiger partial charge in [-0.25, -0.2) is 0 Å². The van der Waals surface area contributed by atoms with Crippen LogP contribution in [0, 0.1) is 5.41 Å². The van der Waals surface area contributed by atoms with Crippen LogP contribution >= 0.6 is 0 Å². The molecule has 88 valence electrons. The quantitative estimate of drug-likeness (QED) is 0.579. The van der Waals surface area contributed by atoms with Crippen molar-refractivity contribution in [2.24, 2.45) is 5.41 Å². The summed E-state index contributed by atoms with van der Waals surface area (Å²) in [5.74, 6) is 0. The molecule has 0 aromatic rings. The molecule has 1 heteroatoms. The van der Waals surface area contributed by atoms with Gasteiger partial charge in [-0.1, -0.05) is 58.3 Å². The summed E-state index contributed by atoms with van der Waals surface area (Å²) in [5, 5.41) is 0. The van der Waals surface area contributed by atoms with E-state index in [0.717, 1.165) is 6.61 Å². The molecule has 0 amide bonds. The van der Waals surface area contributed by atoms with E-state index in [0.29, 0.717) is 11.5 Å². The second-order valence-electron chi connectivity index (χ2n) is 5.82. The Labute approximate surface area is 94.6 Å². The molecule has 1 aliphatic carbocycles. The summed E-state index contributed by atoms with van der Waals surface area (Å²) in [7, 11) is 0. The van der Waals surface area contributed by atoms with E-state index in [9.17, 15) is 0 Å². The Hall–Kier alpha value is -0.0400. The lowest BCUT2D eigenvalue weighted by atomic mass is 9.74. The second kappa shape index (κ2) is 5.34. The fourth-order valence-electron chi connectivity index (χ4n) is 3.07. The van der Waals surface area contributed by atoms with E-state index < -0.39 is 0 Å². The Morgan fingerprint density at radius 1 is 0.867 bits per heavy atom. The van der Waals surface area contributed by atoms with Crippen molar-refractivity contribution in [3.8, 4) is 0 Å². The maximum atomic E-state index is 5.74.